The fraction of sp³-hybridized carbons (Fsp3) is 0.833. The maximum absolute atomic E-state index is 12.2. The van der Waals surface area contributed by atoms with Gasteiger partial charge in [-0.05, 0) is 13.3 Å². The highest BCUT2D eigenvalue weighted by Gasteiger charge is 2.23. The number of aliphatic carboxylic acids is 1. The highest BCUT2D eigenvalue weighted by Crippen LogP contribution is 2.06. The Morgan fingerprint density at radius 1 is 1.21 bits per heavy atom. The normalized spacial score (nSPS) is 17.1. The van der Waals surface area contributed by atoms with Crippen molar-refractivity contribution in [3.05, 3.63) is 0 Å². The summed E-state index contributed by atoms with van der Waals surface area (Å²) in [5, 5.41) is 17.7. The van der Waals surface area contributed by atoms with E-state index in [1.807, 2.05) is 11.8 Å². The van der Waals surface area contributed by atoms with Crippen molar-refractivity contribution in [2.24, 2.45) is 0 Å². The number of aliphatic hydroxyl groups is 1. The predicted molar refractivity (Wildman–Crippen MR) is 70.0 cm³/mol. The molecule has 0 bridgehead atoms. The van der Waals surface area contributed by atoms with Gasteiger partial charge in [0.05, 0.1) is 13.2 Å². The standard InChI is InChI=1S/C12H23N3O4/c1-2-14(8-9-16)12(19)15-5-3-4-13(6-7-15)10-11(17)18/h16H,2-10H2,1H3,(H,17,18). The molecule has 0 aromatic carbocycles. The number of hydrogen-bond donors (Lipinski definition) is 2. The smallest absolute Gasteiger partial charge is 0.320 e. The van der Waals surface area contributed by atoms with Crippen LogP contribution in [-0.2, 0) is 4.79 Å². The molecule has 0 aromatic heterocycles. The van der Waals surface area contributed by atoms with Crippen molar-refractivity contribution in [1.29, 1.82) is 0 Å². The lowest BCUT2D eigenvalue weighted by molar-refractivity contribution is -0.138. The van der Waals surface area contributed by atoms with Crippen molar-refractivity contribution in [2.45, 2.75) is 13.3 Å². The van der Waals surface area contributed by atoms with Crippen molar-refractivity contribution in [1.82, 2.24) is 14.7 Å². The van der Waals surface area contributed by atoms with Crippen LogP contribution in [0.4, 0.5) is 4.79 Å². The first-order valence-electron chi connectivity index (χ1n) is 6.67. The lowest BCUT2D eigenvalue weighted by atomic mass is 10.4. The van der Waals surface area contributed by atoms with Crippen molar-refractivity contribution < 1.29 is 19.8 Å². The zero-order valence-electron chi connectivity index (χ0n) is 11.4. The van der Waals surface area contributed by atoms with E-state index in [0.717, 1.165) is 6.42 Å². The molecule has 0 unspecified atom stereocenters. The third-order valence-electron chi connectivity index (χ3n) is 3.24. The average molecular weight is 273 g/mol. The molecule has 110 valence electrons. The summed E-state index contributed by atoms with van der Waals surface area (Å²) >= 11 is 0. The minimum absolute atomic E-state index is 0.0240. The molecule has 0 saturated carbocycles. The summed E-state index contributed by atoms with van der Waals surface area (Å²) in [7, 11) is 0. The number of aliphatic hydroxyl groups excluding tert-OH is 1. The molecule has 1 saturated heterocycles. The second-order valence-electron chi connectivity index (χ2n) is 4.60. The highest BCUT2D eigenvalue weighted by atomic mass is 16.4. The quantitative estimate of drug-likeness (QED) is 0.706. The first kappa shape index (κ1) is 15.7. The molecule has 0 spiro atoms. The molecular formula is C12H23N3O4. The van der Waals surface area contributed by atoms with Crippen LogP contribution in [0.15, 0.2) is 0 Å². The first-order valence-corrected chi connectivity index (χ1v) is 6.67. The van der Waals surface area contributed by atoms with Gasteiger partial charge in [0, 0.05) is 39.3 Å². The molecule has 7 heteroatoms. The Morgan fingerprint density at radius 3 is 2.53 bits per heavy atom. The van der Waals surface area contributed by atoms with Gasteiger partial charge in [-0.15, -0.1) is 0 Å². The van der Waals surface area contributed by atoms with E-state index >= 15 is 0 Å². The topological polar surface area (TPSA) is 84.3 Å². The number of rotatable bonds is 5. The molecule has 19 heavy (non-hydrogen) atoms. The molecule has 1 aliphatic rings. The third-order valence-corrected chi connectivity index (χ3v) is 3.24. The Hall–Kier alpha value is -1.34. The largest absolute Gasteiger partial charge is 0.480 e. The lowest BCUT2D eigenvalue weighted by Crippen LogP contribution is -2.45. The molecule has 2 amide bonds. The SMILES string of the molecule is CCN(CCO)C(=O)N1CCCN(CC(=O)O)CC1. The summed E-state index contributed by atoms with van der Waals surface area (Å²) in [5.74, 6) is -0.838. The highest BCUT2D eigenvalue weighted by molar-refractivity contribution is 5.74. The second-order valence-corrected chi connectivity index (χ2v) is 4.60. The Labute approximate surface area is 113 Å². The van der Waals surface area contributed by atoms with Gasteiger partial charge < -0.3 is 20.0 Å². The zero-order valence-corrected chi connectivity index (χ0v) is 11.4. The summed E-state index contributed by atoms with van der Waals surface area (Å²) in [6.45, 7) is 5.21. The van der Waals surface area contributed by atoms with Crippen LogP contribution in [0.25, 0.3) is 0 Å². The number of hydrogen-bond acceptors (Lipinski definition) is 4. The van der Waals surface area contributed by atoms with Crippen LogP contribution < -0.4 is 0 Å². The first-order chi connectivity index (χ1) is 9.08. The number of amides is 2. The van der Waals surface area contributed by atoms with Gasteiger partial charge in [0.2, 0.25) is 0 Å². The van der Waals surface area contributed by atoms with Crippen LogP contribution in [0.3, 0.4) is 0 Å². The number of carboxylic acid groups (broad SMARTS) is 1. The number of urea groups is 1. The van der Waals surface area contributed by atoms with E-state index in [1.165, 1.54) is 0 Å². The molecule has 7 nitrogen and oxygen atoms in total. The maximum Gasteiger partial charge on any atom is 0.320 e. The molecule has 1 heterocycles. The summed E-state index contributed by atoms with van der Waals surface area (Å²) in [6.07, 6.45) is 0.774. The van der Waals surface area contributed by atoms with Crippen molar-refractivity contribution in [3.8, 4) is 0 Å². The Kier molecular flexibility index (Phi) is 6.58. The molecule has 1 aliphatic heterocycles. The van der Waals surface area contributed by atoms with Gasteiger partial charge in [-0.2, -0.15) is 0 Å². The van der Waals surface area contributed by atoms with Crippen molar-refractivity contribution in [2.75, 3.05) is 52.4 Å². The second kappa shape index (κ2) is 7.96. The predicted octanol–water partition coefficient (Wildman–Crippen LogP) is -0.487. The molecular weight excluding hydrogens is 250 g/mol. The average Bonchev–Trinajstić information content (AvgIpc) is 2.60. The minimum atomic E-state index is -0.838. The van der Waals surface area contributed by atoms with Crippen LogP contribution in [0.1, 0.15) is 13.3 Å². The van der Waals surface area contributed by atoms with Crippen LogP contribution in [0, 0.1) is 0 Å². The molecule has 1 rings (SSSR count). The van der Waals surface area contributed by atoms with E-state index in [1.54, 1.807) is 9.80 Å². The van der Waals surface area contributed by atoms with E-state index in [9.17, 15) is 9.59 Å². The number of carbonyl (C=O) groups is 2. The summed E-state index contributed by atoms with van der Waals surface area (Å²) in [5.41, 5.74) is 0. The zero-order chi connectivity index (χ0) is 14.3. The van der Waals surface area contributed by atoms with E-state index in [2.05, 4.69) is 0 Å². The minimum Gasteiger partial charge on any atom is -0.480 e. The third kappa shape index (κ3) is 5.04. The van der Waals surface area contributed by atoms with Crippen LogP contribution in [-0.4, -0.2) is 89.3 Å². The molecule has 0 aliphatic carbocycles. The Balaban J connectivity index is 2.51. The summed E-state index contributed by atoms with van der Waals surface area (Å²) in [6, 6.07) is -0.0753. The van der Waals surface area contributed by atoms with Gasteiger partial charge in [0.25, 0.3) is 0 Å². The Bertz CT molecular complexity index is 311. The van der Waals surface area contributed by atoms with Crippen LogP contribution >= 0.6 is 0 Å². The van der Waals surface area contributed by atoms with Crippen molar-refractivity contribution in [3.63, 3.8) is 0 Å². The monoisotopic (exact) mass is 273 g/mol. The number of carbonyl (C=O) groups excluding carboxylic acids is 1. The van der Waals surface area contributed by atoms with Gasteiger partial charge in [0.1, 0.15) is 0 Å². The van der Waals surface area contributed by atoms with E-state index in [4.69, 9.17) is 10.2 Å². The fourth-order valence-electron chi connectivity index (χ4n) is 2.22. The molecule has 2 N–H and O–H groups in total. The molecule has 0 atom stereocenters. The van der Waals surface area contributed by atoms with E-state index < -0.39 is 5.97 Å². The van der Waals surface area contributed by atoms with Crippen LogP contribution in [0.2, 0.25) is 0 Å². The molecule has 0 aromatic rings. The van der Waals surface area contributed by atoms with Gasteiger partial charge in [-0.3, -0.25) is 9.69 Å². The lowest BCUT2D eigenvalue weighted by Gasteiger charge is -2.28. The maximum atomic E-state index is 12.2. The summed E-state index contributed by atoms with van der Waals surface area (Å²) in [4.78, 5) is 28.1. The van der Waals surface area contributed by atoms with Gasteiger partial charge in [-0.25, -0.2) is 4.79 Å². The molecule has 0 radical (unpaired) electrons. The number of carboxylic acids is 1. The van der Waals surface area contributed by atoms with Gasteiger partial charge >= 0.3 is 12.0 Å². The van der Waals surface area contributed by atoms with E-state index in [0.29, 0.717) is 39.3 Å². The van der Waals surface area contributed by atoms with Gasteiger partial charge in [-0.1, -0.05) is 0 Å². The number of nitrogens with zero attached hydrogens (tertiary/aromatic N) is 3. The molecule has 1 fully saturated rings. The Morgan fingerprint density at radius 2 is 1.95 bits per heavy atom. The number of likely N-dealkylation sites (N-methyl/N-ethyl adjacent to an activating group) is 1. The van der Waals surface area contributed by atoms with Gasteiger partial charge in [0.15, 0.2) is 0 Å². The van der Waals surface area contributed by atoms with E-state index in [-0.39, 0.29) is 19.2 Å². The summed E-state index contributed by atoms with van der Waals surface area (Å²) < 4.78 is 0. The fourth-order valence-corrected chi connectivity index (χ4v) is 2.22. The van der Waals surface area contributed by atoms with Crippen molar-refractivity contribution >= 4 is 12.0 Å². The van der Waals surface area contributed by atoms with Crippen LogP contribution in [0.5, 0.6) is 0 Å².